The molecule has 0 aliphatic rings. The van der Waals surface area contributed by atoms with Crippen molar-refractivity contribution >= 4 is 47.7 Å². The first-order valence-electron chi connectivity index (χ1n) is 6.51. The minimum absolute atomic E-state index is 0. The van der Waals surface area contributed by atoms with Gasteiger partial charge in [0.1, 0.15) is 0 Å². The van der Waals surface area contributed by atoms with Crippen LogP contribution in [0.5, 0.6) is 0 Å². The van der Waals surface area contributed by atoms with Crippen LogP contribution in [0.3, 0.4) is 0 Å². The number of thioether (sulfide) groups is 1. The Morgan fingerprint density at radius 3 is 2.45 bits per heavy atom. The monoisotopic (exact) mass is 417 g/mol. The summed E-state index contributed by atoms with van der Waals surface area (Å²) < 4.78 is 4.80. The molecule has 0 rings (SSSR count). The average molecular weight is 417 g/mol. The first-order chi connectivity index (χ1) is 8.86. The van der Waals surface area contributed by atoms with E-state index in [0.717, 1.165) is 19.0 Å². The molecule has 0 saturated carbocycles. The molecule has 0 aliphatic heterocycles. The lowest BCUT2D eigenvalue weighted by molar-refractivity contribution is -0.144. The molecule has 120 valence electrons. The van der Waals surface area contributed by atoms with Crippen molar-refractivity contribution in [3.8, 4) is 0 Å². The SMILES string of the molecule is CCNC(=NCC(C)(C)SC)NCC(C)C(=O)OC.I. The normalized spacial score (nSPS) is 13.2. The maximum absolute atomic E-state index is 11.3. The van der Waals surface area contributed by atoms with E-state index in [4.69, 9.17) is 4.74 Å². The average Bonchev–Trinajstić information content (AvgIpc) is 2.40. The fraction of sp³-hybridized carbons (Fsp3) is 0.846. The fourth-order valence-corrected chi connectivity index (χ4v) is 1.40. The van der Waals surface area contributed by atoms with Gasteiger partial charge in [0.25, 0.3) is 0 Å². The van der Waals surface area contributed by atoms with Crippen LogP contribution in [-0.4, -0.2) is 49.7 Å². The predicted octanol–water partition coefficient (Wildman–Crippen LogP) is 2.11. The van der Waals surface area contributed by atoms with Crippen LogP contribution < -0.4 is 10.6 Å². The Hall–Kier alpha value is -0.180. The van der Waals surface area contributed by atoms with Crippen LogP contribution in [0.2, 0.25) is 0 Å². The van der Waals surface area contributed by atoms with E-state index in [9.17, 15) is 4.79 Å². The van der Waals surface area contributed by atoms with Crippen molar-refractivity contribution in [3.63, 3.8) is 0 Å². The van der Waals surface area contributed by atoms with Crippen LogP contribution in [-0.2, 0) is 9.53 Å². The van der Waals surface area contributed by atoms with Crippen molar-refractivity contribution in [2.45, 2.75) is 32.4 Å². The lowest BCUT2D eigenvalue weighted by atomic mass is 10.2. The highest BCUT2D eigenvalue weighted by atomic mass is 127. The van der Waals surface area contributed by atoms with Gasteiger partial charge < -0.3 is 15.4 Å². The minimum atomic E-state index is -0.215. The zero-order valence-corrected chi connectivity index (χ0v) is 16.4. The van der Waals surface area contributed by atoms with E-state index < -0.39 is 0 Å². The Kier molecular flexibility index (Phi) is 12.7. The lowest BCUT2D eigenvalue weighted by Gasteiger charge is -2.20. The molecule has 0 aromatic carbocycles. The molecule has 5 nitrogen and oxygen atoms in total. The Morgan fingerprint density at radius 1 is 1.40 bits per heavy atom. The molecule has 0 aliphatic carbocycles. The summed E-state index contributed by atoms with van der Waals surface area (Å²) in [6, 6.07) is 0. The number of halogens is 1. The van der Waals surface area contributed by atoms with Crippen LogP contribution >= 0.6 is 35.7 Å². The van der Waals surface area contributed by atoms with Gasteiger partial charge in [-0.15, -0.1) is 24.0 Å². The second kappa shape index (κ2) is 11.5. The number of ether oxygens (including phenoxy) is 1. The van der Waals surface area contributed by atoms with Crippen LogP contribution in [0, 0.1) is 5.92 Å². The van der Waals surface area contributed by atoms with Crippen LogP contribution in [0.1, 0.15) is 27.7 Å². The zero-order chi connectivity index (χ0) is 14.9. The third-order valence-electron chi connectivity index (χ3n) is 2.69. The van der Waals surface area contributed by atoms with Crippen molar-refractivity contribution < 1.29 is 9.53 Å². The van der Waals surface area contributed by atoms with Gasteiger partial charge in [-0.1, -0.05) is 6.92 Å². The highest BCUT2D eigenvalue weighted by Crippen LogP contribution is 2.20. The summed E-state index contributed by atoms with van der Waals surface area (Å²) >= 11 is 1.78. The second-order valence-corrected chi connectivity index (χ2v) is 6.48. The molecule has 0 aromatic heterocycles. The molecule has 0 aromatic rings. The number of hydrogen-bond acceptors (Lipinski definition) is 4. The zero-order valence-electron chi connectivity index (χ0n) is 13.3. The highest BCUT2D eigenvalue weighted by Gasteiger charge is 2.16. The predicted molar refractivity (Wildman–Crippen MR) is 98.2 cm³/mol. The molecule has 0 heterocycles. The smallest absolute Gasteiger partial charge is 0.310 e. The van der Waals surface area contributed by atoms with Gasteiger partial charge in [-0.2, -0.15) is 11.8 Å². The minimum Gasteiger partial charge on any atom is -0.469 e. The number of esters is 1. The molecule has 7 heteroatoms. The molecular weight excluding hydrogens is 389 g/mol. The number of aliphatic imine (C=N–C) groups is 1. The van der Waals surface area contributed by atoms with Gasteiger partial charge in [0, 0.05) is 17.8 Å². The molecule has 0 spiro atoms. The van der Waals surface area contributed by atoms with E-state index >= 15 is 0 Å². The molecule has 0 radical (unpaired) electrons. The summed E-state index contributed by atoms with van der Waals surface area (Å²) in [5, 5.41) is 6.33. The molecule has 0 bridgehead atoms. The highest BCUT2D eigenvalue weighted by molar-refractivity contribution is 14.0. The summed E-state index contributed by atoms with van der Waals surface area (Å²) in [6.07, 6.45) is 2.08. The van der Waals surface area contributed by atoms with Gasteiger partial charge in [-0.3, -0.25) is 9.79 Å². The molecule has 20 heavy (non-hydrogen) atoms. The molecular formula is C13H28IN3O2S. The molecule has 0 amide bonds. The Balaban J connectivity index is 0. The number of nitrogens with zero attached hydrogens (tertiary/aromatic N) is 1. The van der Waals surface area contributed by atoms with E-state index in [2.05, 4.69) is 35.7 Å². The number of methoxy groups -OCH3 is 1. The van der Waals surface area contributed by atoms with Crippen LogP contribution in [0.15, 0.2) is 4.99 Å². The largest absolute Gasteiger partial charge is 0.469 e. The van der Waals surface area contributed by atoms with Crippen molar-refractivity contribution in [2.75, 3.05) is 33.0 Å². The first kappa shape index (κ1) is 22.1. The molecule has 0 saturated heterocycles. The van der Waals surface area contributed by atoms with Crippen molar-refractivity contribution in [3.05, 3.63) is 0 Å². The standard InChI is InChI=1S/C13H27N3O2S.HI/c1-7-14-12(16-9-13(3,4)19-6)15-8-10(2)11(17)18-5;/h10H,7-9H2,1-6H3,(H2,14,15,16);1H. The summed E-state index contributed by atoms with van der Waals surface area (Å²) in [4.78, 5) is 15.9. The van der Waals surface area contributed by atoms with Crippen LogP contribution in [0.4, 0.5) is 0 Å². The number of hydrogen-bond donors (Lipinski definition) is 2. The Morgan fingerprint density at radius 2 is 2.00 bits per heavy atom. The number of carbonyl (C=O) groups is 1. The van der Waals surface area contributed by atoms with Crippen molar-refractivity contribution in [1.82, 2.24) is 10.6 Å². The summed E-state index contributed by atoms with van der Waals surface area (Å²) in [6.45, 7) is 10.2. The second-order valence-electron chi connectivity index (χ2n) is 4.96. The number of carbonyl (C=O) groups excluding carboxylic acids is 1. The first-order valence-corrected chi connectivity index (χ1v) is 7.74. The van der Waals surface area contributed by atoms with Gasteiger partial charge in [0.2, 0.25) is 0 Å². The Labute approximate surface area is 144 Å². The van der Waals surface area contributed by atoms with Crippen LogP contribution in [0.25, 0.3) is 0 Å². The van der Waals surface area contributed by atoms with Gasteiger partial charge in [-0.05, 0) is 27.0 Å². The summed E-state index contributed by atoms with van der Waals surface area (Å²) in [7, 11) is 1.40. The van der Waals surface area contributed by atoms with Gasteiger partial charge in [0.05, 0.1) is 19.6 Å². The van der Waals surface area contributed by atoms with Crippen molar-refractivity contribution in [2.24, 2.45) is 10.9 Å². The summed E-state index contributed by atoms with van der Waals surface area (Å²) in [5.41, 5.74) is 0. The van der Waals surface area contributed by atoms with Gasteiger partial charge >= 0.3 is 5.97 Å². The van der Waals surface area contributed by atoms with E-state index in [0.29, 0.717) is 6.54 Å². The van der Waals surface area contributed by atoms with Gasteiger partial charge in [0.15, 0.2) is 5.96 Å². The lowest BCUT2D eigenvalue weighted by Crippen LogP contribution is -2.41. The molecule has 2 N–H and O–H groups in total. The fourth-order valence-electron chi connectivity index (χ4n) is 1.21. The molecule has 0 fully saturated rings. The number of guanidine groups is 1. The molecule has 1 unspecified atom stereocenters. The maximum atomic E-state index is 11.3. The van der Waals surface area contributed by atoms with Crippen molar-refractivity contribution in [1.29, 1.82) is 0 Å². The Bertz CT molecular complexity index is 312. The number of nitrogens with one attached hydrogen (secondary N) is 2. The maximum Gasteiger partial charge on any atom is 0.310 e. The quantitative estimate of drug-likeness (QED) is 0.288. The van der Waals surface area contributed by atoms with E-state index in [1.807, 2.05) is 13.8 Å². The van der Waals surface area contributed by atoms with E-state index in [1.54, 1.807) is 11.8 Å². The topological polar surface area (TPSA) is 62.7 Å². The summed E-state index contributed by atoms with van der Waals surface area (Å²) in [5.74, 6) is 0.329. The van der Waals surface area contributed by atoms with E-state index in [-0.39, 0.29) is 40.6 Å². The van der Waals surface area contributed by atoms with Gasteiger partial charge in [-0.25, -0.2) is 0 Å². The third-order valence-corrected chi connectivity index (χ3v) is 3.93. The molecule has 1 atom stereocenters. The van der Waals surface area contributed by atoms with E-state index in [1.165, 1.54) is 7.11 Å². The third kappa shape index (κ3) is 9.68. The number of rotatable bonds is 7.